The number of carbonyl (C=O) groups excluding carboxylic acids is 2. The molecule has 0 unspecified atom stereocenters. The SMILES string of the molecule is CCn1c(=O)[nH]c2cc(C(=O)N3CCC(C(=O)c4ccc(C)cc4)CC3)ccc2c1=O. The predicted molar refractivity (Wildman–Crippen MR) is 119 cm³/mol. The zero-order chi connectivity index (χ0) is 22.1. The number of ketones is 1. The summed E-state index contributed by atoms with van der Waals surface area (Å²) in [5.41, 5.74) is 1.75. The molecule has 1 saturated heterocycles. The molecule has 160 valence electrons. The Labute approximate surface area is 179 Å². The number of aromatic amines is 1. The Morgan fingerprint density at radius 1 is 1.00 bits per heavy atom. The normalized spacial score (nSPS) is 14.7. The van der Waals surface area contributed by atoms with Crippen LogP contribution < -0.4 is 11.2 Å². The van der Waals surface area contributed by atoms with E-state index < -0.39 is 5.69 Å². The molecule has 4 rings (SSSR count). The average Bonchev–Trinajstić information content (AvgIpc) is 2.78. The lowest BCUT2D eigenvalue weighted by Crippen LogP contribution is -2.40. The van der Waals surface area contributed by atoms with Crippen LogP contribution in [-0.4, -0.2) is 39.2 Å². The minimum absolute atomic E-state index is 0.0905. The van der Waals surface area contributed by atoms with E-state index in [-0.39, 0.29) is 29.7 Å². The number of rotatable bonds is 4. The van der Waals surface area contributed by atoms with E-state index in [4.69, 9.17) is 0 Å². The highest BCUT2D eigenvalue weighted by Crippen LogP contribution is 2.23. The molecule has 1 aliphatic heterocycles. The van der Waals surface area contributed by atoms with Crippen LogP contribution in [0.2, 0.25) is 0 Å². The van der Waals surface area contributed by atoms with Crippen LogP contribution in [0.15, 0.2) is 52.1 Å². The maximum absolute atomic E-state index is 13.0. The molecule has 31 heavy (non-hydrogen) atoms. The summed E-state index contributed by atoms with van der Waals surface area (Å²) in [5.74, 6) is -0.126. The van der Waals surface area contributed by atoms with Crippen LogP contribution in [0.4, 0.5) is 0 Å². The number of piperidine rings is 1. The molecule has 0 atom stereocenters. The Balaban J connectivity index is 1.49. The van der Waals surface area contributed by atoms with Crippen molar-refractivity contribution < 1.29 is 9.59 Å². The topological polar surface area (TPSA) is 92.2 Å². The highest BCUT2D eigenvalue weighted by atomic mass is 16.2. The second-order valence-electron chi connectivity index (χ2n) is 8.04. The van der Waals surface area contributed by atoms with Crippen LogP contribution in [0.1, 0.15) is 46.0 Å². The number of fused-ring (bicyclic) bond motifs is 1. The van der Waals surface area contributed by atoms with E-state index >= 15 is 0 Å². The van der Waals surface area contributed by atoms with Crippen LogP contribution in [0.25, 0.3) is 10.9 Å². The molecule has 0 spiro atoms. The van der Waals surface area contributed by atoms with Crippen LogP contribution in [0, 0.1) is 12.8 Å². The molecule has 1 fully saturated rings. The van der Waals surface area contributed by atoms with Gasteiger partial charge in [0.1, 0.15) is 0 Å². The average molecular weight is 419 g/mol. The first-order valence-corrected chi connectivity index (χ1v) is 10.6. The molecule has 1 aromatic heterocycles. The quantitative estimate of drug-likeness (QED) is 0.658. The zero-order valence-corrected chi connectivity index (χ0v) is 17.7. The molecule has 1 amide bonds. The summed E-state index contributed by atoms with van der Waals surface area (Å²) in [6.07, 6.45) is 1.23. The minimum Gasteiger partial charge on any atom is -0.339 e. The smallest absolute Gasteiger partial charge is 0.328 e. The largest absolute Gasteiger partial charge is 0.339 e. The number of nitrogens with zero attached hydrogens (tertiary/aromatic N) is 2. The number of aryl methyl sites for hydroxylation is 1. The van der Waals surface area contributed by atoms with Gasteiger partial charge in [-0.2, -0.15) is 0 Å². The molecular formula is C24H25N3O4. The number of aromatic nitrogens is 2. The monoisotopic (exact) mass is 419 g/mol. The summed E-state index contributed by atoms with van der Waals surface area (Å²) in [6, 6.07) is 12.4. The number of H-pyrrole nitrogens is 1. The summed E-state index contributed by atoms with van der Waals surface area (Å²) < 4.78 is 1.12. The number of amides is 1. The minimum atomic E-state index is -0.486. The molecule has 0 radical (unpaired) electrons. The molecule has 2 aromatic carbocycles. The van der Waals surface area contributed by atoms with Crippen LogP contribution >= 0.6 is 0 Å². The fourth-order valence-electron chi connectivity index (χ4n) is 4.16. The van der Waals surface area contributed by atoms with Gasteiger partial charge in [0.25, 0.3) is 11.5 Å². The van der Waals surface area contributed by atoms with E-state index in [1.54, 1.807) is 30.0 Å². The number of hydrogen-bond acceptors (Lipinski definition) is 4. The number of nitrogens with one attached hydrogen (secondary N) is 1. The molecule has 1 aliphatic rings. The van der Waals surface area contributed by atoms with E-state index in [0.717, 1.165) is 10.1 Å². The van der Waals surface area contributed by atoms with Gasteiger partial charge in [0, 0.05) is 36.7 Å². The molecule has 3 aromatic rings. The van der Waals surface area contributed by atoms with Crippen LogP contribution in [0.3, 0.4) is 0 Å². The van der Waals surface area contributed by atoms with Gasteiger partial charge in [-0.1, -0.05) is 29.8 Å². The van der Waals surface area contributed by atoms with Crippen LogP contribution in [-0.2, 0) is 6.54 Å². The van der Waals surface area contributed by atoms with Crippen molar-refractivity contribution >= 4 is 22.6 Å². The number of carbonyl (C=O) groups is 2. The summed E-state index contributed by atoms with van der Waals surface area (Å²) in [6.45, 7) is 4.98. The maximum Gasteiger partial charge on any atom is 0.328 e. The highest BCUT2D eigenvalue weighted by molar-refractivity contribution is 5.99. The fraction of sp³-hybridized carbons (Fsp3) is 0.333. The van der Waals surface area contributed by atoms with Crippen LogP contribution in [0.5, 0.6) is 0 Å². The fourth-order valence-corrected chi connectivity index (χ4v) is 4.16. The Morgan fingerprint density at radius 3 is 2.29 bits per heavy atom. The van der Waals surface area contributed by atoms with Gasteiger partial charge < -0.3 is 9.88 Å². The van der Waals surface area contributed by atoms with Crippen molar-refractivity contribution in [1.29, 1.82) is 0 Å². The summed E-state index contributed by atoms with van der Waals surface area (Å²) in [7, 11) is 0. The molecule has 0 aliphatic carbocycles. The third-order valence-corrected chi connectivity index (χ3v) is 6.03. The van der Waals surface area contributed by atoms with Gasteiger partial charge in [0.05, 0.1) is 10.9 Å². The second-order valence-corrected chi connectivity index (χ2v) is 8.04. The summed E-state index contributed by atoms with van der Waals surface area (Å²) >= 11 is 0. The Morgan fingerprint density at radius 2 is 1.65 bits per heavy atom. The number of Topliss-reactive ketones (excluding diaryl/α,β-unsaturated/α-hetero) is 1. The zero-order valence-electron chi connectivity index (χ0n) is 17.7. The molecular weight excluding hydrogens is 394 g/mol. The van der Waals surface area contributed by atoms with Gasteiger partial charge in [-0.3, -0.25) is 19.0 Å². The second kappa shape index (κ2) is 8.34. The highest BCUT2D eigenvalue weighted by Gasteiger charge is 2.28. The summed E-state index contributed by atoms with van der Waals surface area (Å²) in [5, 5.41) is 0.375. The number of likely N-dealkylation sites (tertiary alicyclic amines) is 1. The Hall–Kier alpha value is -3.48. The van der Waals surface area contributed by atoms with E-state index in [9.17, 15) is 19.2 Å². The lowest BCUT2D eigenvalue weighted by molar-refractivity contribution is 0.0650. The van der Waals surface area contributed by atoms with Gasteiger partial charge >= 0.3 is 5.69 Å². The van der Waals surface area contributed by atoms with Gasteiger partial charge in [-0.25, -0.2) is 4.79 Å². The van der Waals surface area contributed by atoms with E-state index in [0.29, 0.717) is 48.0 Å². The number of benzene rings is 2. The van der Waals surface area contributed by atoms with Gasteiger partial charge in [0.2, 0.25) is 0 Å². The standard InChI is InChI=1S/C24H25N3O4/c1-3-27-23(30)19-9-8-18(14-20(19)25-24(27)31)22(29)26-12-10-17(11-13-26)21(28)16-6-4-15(2)5-7-16/h4-9,14,17H,3,10-13H2,1-2H3,(H,25,31). The number of hydrogen-bond donors (Lipinski definition) is 1. The molecule has 7 heteroatoms. The van der Waals surface area contributed by atoms with E-state index in [2.05, 4.69) is 4.98 Å². The maximum atomic E-state index is 13.0. The van der Waals surface area contributed by atoms with Crippen molar-refractivity contribution in [2.45, 2.75) is 33.2 Å². The first-order valence-electron chi connectivity index (χ1n) is 10.6. The van der Waals surface area contributed by atoms with Gasteiger partial charge in [-0.15, -0.1) is 0 Å². The lowest BCUT2D eigenvalue weighted by atomic mass is 9.88. The van der Waals surface area contributed by atoms with Crippen molar-refractivity contribution in [3.05, 3.63) is 80.0 Å². The van der Waals surface area contributed by atoms with Crippen molar-refractivity contribution in [2.75, 3.05) is 13.1 Å². The van der Waals surface area contributed by atoms with Crippen molar-refractivity contribution in [3.63, 3.8) is 0 Å². The van der Waals surface area contributed by atoms with Gasteiger partial charge in [0.15, 0.2) is 5.78 Å². The molecule has 7 nitrogen and oxygen atoms in total. The Kier molecular flexibility index (Phi) is 5.59. The van der Waals surface area contributed by atoms with Crippen molar-refractivity contribution in [3.8, 4) is 0 Å². The molecule has 0 saturated carbocycles. The summed E-state index contributed by atoms with van der Waals surface area (Å²) in [4.78, 5) is 54.6. The lowest BCUT2D eigenvalue weighted by Gasteiger charge is -2.31. The molecule has 1 N–H and O–H groups in total. The third-order valence-electron chi connectivity index (χ3n) is 6.03. The van der Waals surface area contributed by atoms with Gasteiger partial charge in [-0.05, 0) is 44.9 Å². The molecule has 0 bridgehead atoms. The third kappa shape index (κ3) is 3.95. The first kappa shape index (κ1) is 20.8. The van der Waals surface area contributed by atoms with E-state index in [1.807, 2.05) is 31.2 Å². The van der Waals surface area contributed by atoms with Crippen molar-refractivity contribution in [1.82, 2.24) is 14.5 Å². The van der Waals surface area contributed by atoms with E-state index in [1.165, 1.54) is 0 Å². The first-order chi connectivity index (χ1) is 14.9. The molecule has 2 heterocycles. The van der Waals surface area contributed by atoms with Crippen molar-refractivity contribution in [2.24, 2.45) is 5.92 Å². The predicted octanol–water partition coefficient (Wildman–Crippen LogP) is 2.75. The Bertz CT molecular complexity index is 1260.